The van der Waals surface area contributed by atoms with E-state index in [-0.39, 0.29) is 47.5 Å². The summed E-state index contributed by atoms with van der Waals surface area (Å²) < 4.78 is 70.7. The van der Waals surface area contributed by atoms with Crippen molar-refractivity contribution < 1.29 is 66.8 Å². The summed E-state index contributed by atoms with van der Waals surface area (Å²) in [4.78, 5) is 47.2. The average molecular weight is 1250 g/mol. The minimum atomic E-state index is -1.54. The molecule has 18 nitrogen and oxygen atoms in total. The lowest BCUT2D eigenvalue weighted by Crippen LogP contribution is -2.33. The Morgan fingerprint density at radius 1 is 0.607 bits per heavy atom. The van der Waals surface area contributed by atoms with Gasteiger partial charge in [0.25, 0.3) is 12.0 Å². The summed E-state index contributed by atoms with van der Waals surface area (Å²) in [6.45, 7) is 10.5. The zero-order valence-corrected chi connectivity index (χ0v) is 50.4. The van der Waals surface area contributed by atoms with Gasteiger partial charge in [0, 0.05) is 23.3 Å². The van der Waals surface area contributed by atoms with Crippen LogP contribution < -0.4 is 67.0 Å². The molecule has 12 heterocycles. The number of para-hydroxylation sites is 1. The molecule has 6 aliphatic heterocycles. The molecule has 84 heavy (non-hydrogen) atoms. The highest BCUT2D eigenvalue weighted by Crippen LogP contribution is 2.68. The van der Waals surface area contributed by atoms with E-state index in [0.29, 0.717) is 112 Å². The van der Waals surface area contributed by atoms with Gasteiger partial charge in [-0.3, -0.25) is 14.2 Å². The van der Waals surface area contributed by atoms with Crippen molar-refractivity contribution >= 4 is 103 Å². The number of carbonyl (C=O) groups is 2. The van der Waals surface area contributed by atoms with Crippen LogP contribution in [-0.2, 0) is 26.5 Å². The number of aliphatic carboxylic acids is 1. The molecule has 0 saturated heterocycles. The number of carboxylic acids is 1. The number of hydrogen-bond donors (Lipinski definition) is 1. The molecule has 2 aromatic carbocycles. The number of carboxylic acid groups (broad SMARTS) is 1. The van der Waals surface area contributed by atoms with E-state index in [9.17, 15) is 24.8 Å². The first kappa shape index (κ1) is 54.3. The van der Waals surface area contributed by atoms with E-state index in [0.717, 1.165) is 68.6 Å². The standard InChI is InChI=1S/C60H51N3O15S6/c1-4-5-6-9-14-62-34-11-8-7-10-32(34)60(2,3)33-25-30(12-13-35(33)62)48-40-41(72-18-17-71-40)51(81-48)52-44-45(76-22-21-75-44)55(83-52)56-47-46(77-23-24-78-47)54(84-56)53-43-42(73-19-20-74-43)50(82-53)49-39-38(69-15-16-70-39)36(79-49)26-37-57(65)63(28-68-29-64)58(80-37)31(27-61)59(66)67/h7-8,10-13,25-26,29H,4-6,9,14-24,28H2,1-3H3,(H,66,67)/b37-26+,58-31+. The van der Waals surface area contributed by atoms with Crippen LogP contribution in [0.5, 0.6) is 57.5 Å². The van der Waals surface area contributed by atoms with Gasteiger partial charge >= 0.3 is 5.97 Å². The Kier molecular flexibility index (Phi) is 14.3. The number of unbranched alkanes of at least 4 members (excludes halogenated alkanes) is 3. The van der Waals surface area contributed by atoms with Gasteiger partial charge in [0.1, 0.15) is 76.8 Å². The molecule has 14 rings (SSSR count). The quantitative estimate of drug-likeness (QED) is 0.0748. The zero-order valence-electron chi connectivity index (χ0n) is 45.5. The molecule has 8 aromatic rings. The van der Waals surface area contributed by atoms with Gasteiger partial charge in [-0.1, -0.05) is 64.3 Å². The molecule has 0 spiro atoms. The maximum absolute atomic E-state index is 13.8. The maximum atomic E-state index is 13.8. The molecule has 0 amide bonds. The van der Waals surface area contributed by atoms with Gasteiger partial charge in [0.15, 0.2) is 69.8 Å². The van der Waals surface area contributed by atoms with E-state index >= 15 is 0 Å². The van der Waals surface area contributed by atoms with Crippen molar-refractivity contribution in [3.63, 3.8) is 0 Å². The molecule has 0 unspecified atom stereocenters. The van der Waals surface area contributed by atoms with Crippen LogP contribution in [0.3, 0.4) is 0 Å². The van der Waals surface area contributed by atoms with Crippen LogP contribution in [0.15, 0.2) is 47.3 Å². The number of thiophene rings is 5. The lowest BCUT2D eigenvalue weighted by Gasteiger charge is -2.42. The number of anilines is 2. The van der Waals surface area contributed by atoms with Crippen LogP contribution in [0, 0.1) is 11.3 Å². The number of ether oxygens (including phenoxy) is 11. The third-order valence-electron chi connectivity index (χ3n) is 15.2. The van der Waals surface area contributed by atoms with E-state index in [4.69, 9.17) is 52.1 Å². The van der Waals surface area contributed by atoms with Crippen molar-refractivity contribution in [2.24, 2.45) is 0 Å². The number of hydrogen-bond acceptors (Lipinski definition) is 22. The predicted octanol–water partition coefficient (Wildman–Crippen LogP) is 11.5. The van der Waals surface area contributed by atoms with Crippen LogP contribution in [-0.4, -0.2) is 94.7 Å². The fraction of sp³-hybridized carbons (Fsp3) is 0.333. The molecule has 0 fully saturated rings. The molecule has 0 bridgehead atoms. The van der Waals surface area contributed by atoms with Gasteiger partial charge in [-0.25, -0.2) is 4.79 Å². The first-order chi connectivity index (χ1) is 41.1. The summed E-state index contributed by atoms with van der Waals surface area (Å²) in [5.74, 6) is 4.00. The fourth-order valence-electron chi connectivity index (χ4n) is 11.4. The number of rotatable bonds is 15. The van der Waals surface area contributed by atoms with Gasteiger partial charge in [-0.2, -0.15) is 5.26 Å². The van der Waals surface area contributed by atoms with Crippen LogP contribution in [0.4, 0.5) is 11.4 Å². The first-order valence-corrected chi connectivity index (χ1v) is 32.3. The number of carbonyl (C=O) groups excluding carboxylic acids is 1. The van der Waals surface area contributed by atoms with Crippen molar-refractivity contribution in [2.45, 2.75) is 58.6 Å². The van der Waals surface area contributed by atoms with Crippen LogP contribution in [0.2, 0.25) is 0 Å². The molecule has 6 aliphatic rings. The zero-order chi connectivity index (χ0) is 57.4. The third-order valence-corrected chi connectivity index (χ3v) is 22.7. The van der Waals surface area contributed by atoms with Crippen molar-refractivity contribution in [3.8, 4) is 113 Å². The monoisotopic (exact) mass is 1250 g/mol. The van der Waals surface area contributed by atoms with E-state index in [1.807, 2.05) is 0 Å². The number of fused-ring (bicyclic) bond motifs is 7. The van der Waals surface area contributed by atoms with Crippen LogP contribution in [0.1, 0.15) is 62.5 Å². The largest absolute Gasteiger partial charge is 0.485 e. The Morgan fingerprint density at radius 2 is 1.06 bits per heavy atom. The number of aromatic nitrogens is 1. The minimum absolute atomic E-state index is 0.0698. The third kappa shape index (κ3) is 8.95. The second-order valence-corrected chi connectivity index (χ2v) is 26.7. The van der Waals surface area contributed by atoms with Crippen molar-refractivity contribution in [3.05, 3.63) is 78.0 Å². The summed E-state index contributed by atoms with van der Waals surface area (Å²) in [6.07, 6.45) is 6.25. The predicted molar refractivity (Wildman–Crippen MR) is 323 cm³/mol. The molecular formula is C60H51N3O15S6. The fourth-order valence-corrected chi connectivity index (χ4v) is 18.9. The lowest BCUT2D eigenvalue weighted by molar-refractivity contribution is -0.132. The second kappa shape index (κ2) is 22.1. The minimum Gasteiger partial charge on any atom is -0.485 e. The molecule has 0 aliphatic carbocycles. The summed E-state index contributed by atoms with van der Waals surface area (Å²) in [5, 5.41) is 19.6. The summed E-state index contributed by atoms with van der Waals surface area (Å²) >= 11 is 8.16. The van der Waals surface area contributed by atoms with Crippen LogP contribution >= 0.6 is 68.0 Å². The van der Waals surface area contributed by atoms with E-state index in [2.05, 4.69) is 68.1 Å². The topological polar surface area (TPSA) is 205 Å². The molecule has 432 valence electrons. The van der Waals surface area contributed by atoms with Crippen molar-refractivity contribution in [1.82, 2.24) is 4.57 Å². The average Bonchev–Trinajstić information content (AvgIpc) is 2.67. The highest BCUT2D eigenvalue weighted by Gasteiger charge is 2.41. The number of nitrogens with zero attached hydrogens (tertiary/aromatic N) is 3. The SMILES string of the molecule is CCCCCCN1c2ccccc2C(C)(C)c2cc(-c3sc(-c4sc(-c5sc(-c6sc(-c7sc(/C=c8/s/c(=C(\C#N)C(=O)O)n(COC=O)c8=O)c8c7OCCO8)c7c6OCCO7)c6c5OCCO6)c5c4OCCO5)c4c3OCCO4)ccc21. The Hall–Kier alpha value is -7.66. The molecule has 6 aromatic heterocycles. The number of nitriles is 1. The Labute approximate surface area is 503 Å². The van der Waals surface area contributed by atoms with E-state index in [1.165, 1.54) is 75.8 Å². The molecular weight excluding hydrogens is 1200 g/mol. The van der Waals surface area contributed by atoms with Gasteiger partial charge in [-0.05, 0) is 47.4 Å². The molecule has 0 saturated carbocycles. The smallest absolute Gasteiger partial charge is 0.349 e. The van der Waals surface area contributed by atoms with Crippen LogP contribution in [0.25, 0.3) is 61.1 Å². The normalized spacial score (nSPS) is 16.4. The molecule has 0 atom stereocenters. The second-order valence-electron chi connectivity index (χ2n) is 20.5. The highest BCUT2D eigenvalue weighted by atomic mass is 32.1. The van der Waals surface area contributed by atoms with Gasteiger partial charge in [0.05, 0.1) is 53.3 Å². The highest BCUT2D eigenvalue weighted by molar-refractivity contribution is 7.31. The van der Waals surface area contributed by atoms with E-state index in [1.54, 1.807) is 34.8 Å². The van der Waals surface area contributed by atoms with Crippen molar-refractivity contribution in [2.75, 3.05) is 77.5 Å². The first-order valence-electron chi connectivity index (χ1n) is 27.4. The molecule has 24 heteroatoms. The van der Waals surface area contributed by atoms with Gasteiger partial charge < -0.3 is 62.1 Å². The Morgan fingerprint density at radius 3 is 1.55 bits per heavy atom. The maximum Gasteiger partial charge on any atom is 0.349 e. The Bertz CT molecular complexity index is 4220. The van der Waals surface area contributed by atoms with Gasteiger partial charge in [0.2, 0.25) is 0 Å². The molecule has 0 radical (unpaired) electrons. The van der Waals surface area contributed by atoms with Crippen molar-refractivity contribution in [1.29, 1.82) is 5.26 Å². The summed E-state index contributed by atoms with van der Waals surface area (Å²) in [5.41, 5.74) is 4.48. The summed E-state index contributed by atoms with van der Waals surface area (Å²) in [7, 11) is 0. The molecule has 1 N–H and O–H groups in total. The Balaban J connectivity index is 0.872. The van der Waals surface area contributed by atoms with Gasteiger partial charge in [-0.15, -0.1) is 68.0 Å². The number of thiazole rings is 1. The van der Waals surface area contributed by atoms with E-state index < -0.39 is 23.8 Å². The summed E-state index contributed by atoms with van der Waals surface area (Å²) in [6, 6.07) is 17.3. The lowest BCUT2D eigenvalue weighted by atomic mass is 9.73. The number of benzene rings is 2.